The summed E-state index contributed by atoms with van der Waals surface area (Å²) in [6.07, 6.45) is -3.00. The Morgan fingerprint density at radius 1 is 0.974 bits per heavy atom. The van der Waals surface area contributed by atoms with Crippen LogP contribution in [0.3, 0.4) is 0 Å². The molecule has 1 aromatic carbocycles. The average molecular weight is 614 g/mol. The molecule has 8 N–H and O–H groups in total. The molecular weight excluding hydrogens is 592 g/mol. The van der Waals surface area contributed by atoms with E-state index in [2.05, 4.69) is 23.1 Å². The van der Waals surface area contributed by atoms with E-state index in [1.54, 1.807) is 6.20 Å². The van der Waals surface area contributed by atoms with Gasteiger partial charge in [-0.15, -0.1) is 0 Å². The van der Waals surface area contributed by atoms with Crippen molar-refractivity contribution < 1.29 is 65.8 Å². The van der Waals surface area contributed by atoms with Crippen molar-refractivity contribution in [3.63, 3.8) is 0 Å². The Balaban J connectivity index is 1.49. The van der Waals surface area contributed by atoms with E-state index in [4.69, 9.17) is 20.3 Å². The number of aliphatic hydroxyl groups excluding tert-OH is 2. The molecule has 3 heterocycles. The van der Waals surface area contributed by atoms with E-state index in [1.165, 1.54) is 35.2 Å². The van der Waals surface area contributed by atoms with Crippen molar-refractivity contribution in [2.24, 2.45) is 0 Å². The van der Waals surface area contributed by atoms with Crippen LogP contribution in [0.2, 0.25) is 0 Å². The van der Waals surface area contributed by atoms with Gasteiger partial charge in [0.05, 0.1) is 18.5 Å². The quantitative estimate of drug-likeness (QED) is 0.155. The zero-order valence-electron chi connectivity index (χ0n) is 19.4. The summed E-state index contributed by atoms with van der Waals surface area (Å²) >= 11 is 0. The van der Waals surface area contributed by atoms with Crippen molar-refractivity contribution in [1.29, 1.82) is 0 Å². The van der Waals surface area contributed by atoms with Crippen LogP contribution in [0.25, 0.3) is 22.2 Å². The maximum atomic E-state index is 13.4. The molecule has 1 fully saturated rings. The number of nitrogens with two attached hydrogens (primary N) is 1. The van der Waals surface area contributed by atoms with Crippen molar-refractivity contribution in [2.45, 2.75) is 31.0 Å². The van der Waals surface area contributed by atoms with Gasteiger partial charge in [0, 0.05) is 11.8 Å². The lowest BCUT2D eigenvalue weighted by atomic mass is 10.1. The number of nitrogen functional groups attached to an aromatic ring is 1. The number of benzene rings is 1. The van der Waals surface area contributed by atoms with Crippen molar-refractivity contribution in [3.05, 3.63) is 42.6 Å². The van der Waals surface area contributed by atoms with Crippen LogP contribution in [-0.4, -0.2) is 75.3 Å². The molecule has 21 heteroatoms. The van der Waals surface area contributed by atoms with Gasteiger partial charge in [0.25, 0.3) is 0 Å². The van der Waals surface area contributed by atoms with E-state index >= 15 is 0 Å². The van der Waals surface area contributed by atoms with E-state index in [0.717, 1.165) is 0 Å². The molecule has 0 aliphatic carbocycles. The molecule has 17 nitrogen and oxygen atoms in total. The number of fused-ring (bicyclic) bond motifs is 1. The summed E-state index contributed by atoms with van der Waals surface area (Å²) in [5.74, 6) is -0.328. The van der Waals surface area contributed by atoms with E-state index in [1.807, 2.05) is 0 Å². The van der Waals surface area contributed by atoms with Crippen molar-refractivity contribution >= 4 is 40.3 Å². The van der Waals surface area contributed by atoms with E-state index < -0.39 is 60.3 Å². The molecule has 0 radical (unpaired) electrons. The van der Waals surface area contributed by atoms with Crippen molar-refractivity contribution in [1.82, 2.24) is 14.5 Å². The highest BCUT2D eigenvalue weighted by atomic mass is 31.3. The molecule has 4 rings (SSSR count). The number of aromatic nitrogens is 3. The molecule has 0 saturated carbocycles. The van der Waals surface area contributed by atoms with Crippen LogP contribution in [0.5, 0.6) is 0 Å². The third kappa shape index (κ3) is 7.14. The number of hydrogen-bond acceptors (Lipinski definition) is 12. The predicted octanol–water partition coefficient (Wildman–Crippen LogP) is 0.652. The standard InChI is InChI=1S/C18H22FN4O13P3/c19-10-3-1-9(2-4-10)11-5-23(18-14(11)17(20)21-8-22-18)6-12-15(24)16(25)13(34-12)7-33-38(29,30)36-39(31,32)35-37(26,27)28/h1-5,8,12-13,15-16,24-25H,6-7H2,(H,29,30)(H,31,32)(H2,20,21,22)(H2,26,27,28)/t12-,13+,15+,16?/m0/s1. The largest absolute Gasteiger partial charge is 0.490 e. The molecule has 0 spiro atoms. The Morgan fingerprint density at radius 3 is 2.26 bits per heavy atom. The second-order valence-corrected chi connectivity index (χ2v) is 12.7. The van der Waals surface area contributed by atoms with E-state index in [-0.39, 0.29) is 12.4 Å². The van der Waals surface area contributed by atoms with Crippen LogP contribution in [0.1, 0.15) is 0 Å². The van der Waals surface area contributed by atoms with Gasteiger partial charge in [-0.3, -0.25) is 4.52 Å². The van der Waals surface area contributed by atoms with Gasteiger partial charge in [-0.05, 0) is 17.7 Å². The number of phosphoric acid groups is 3. The Labute approximate surface area is 218 Å². The molecule has 1 aliphatic heterocycles. The summed E-state index contributed by atoms with van der Waals surface area (Å²) in [5.41, 5.74) is 7.50. The first kappa shape index (κ1) is 29.8. The molecule has 1 aliphatic rings. The van der Waals surface area contributed by atoms with Gasteiger partial charge < -0.3 is 44.8 Å². The van der Waals surface area contributed by atoms with Crippen molar-refractivity contribution in [3.8, 4) is 11.1 Å². The van der Waals surface area contributed by atoms with Crippen LogP contribution >= 0.6 is 23.5 Å². The number of rotatable bonds is 10. The van der Waals surface area contributed by atoms with Gasteiger partial charge in [-0.1, -0.05) is 12.1 Å². The van der Waals surface area contributed by atoms with Gasteiger partial charge in [0.15, 0.2) is 0 Å². The smallest absolute Gasteiger partial charge is 0.388 e. The fraction of sp³-hybridized carbons (Fsp3) is 0.333. The van der Waals surface area contributed by atoms with Gasteiger partial charge >= 0.3 is 23.5 Å². The maximum absolute atomic E-state index is 13.4. The van der Waals surface area contributed by atoms with Crippen molar-refractivity contribution in [2.75, 3.05) is 12.3 Å². The Morgan fingerprint density at radius 2 is 1.62 bits per heavy atom. The monoisotopic (exact) mass is 614 g/mol. The highest BCUT2D eigenvalue weighted by Gasteiger charge is 2.46. The summed E-state index contributed by atoms with van der Waals surface area (Å²) in [6.45, 7) is -1.08. The first-order valence-corrected chi connectivity index (χ1v) is 15.2. The summed E-state index contributed by atoms with van der Waals surface area (Å²) in [7, 11) is -16.8. The van der Waals surface area contributed by atoms with Crippen LogP contribution in [0.4, 0.5) is 10.2 Å². The van der Waals surface area contributed by atoms with Crippen LogP contribution in [0, 0.1) is 5.82 Å². The fourth-order valence-electron chi connectivity index (χ4n) is 3.91. The second kappa shape index (κ2) is 11.0. The lowest BCUT2D eigenvalue weighted by Gasteiger charge is -2.19. The summed E-state index contributed by atoms with van der Waals surface area (Å²) in [5, 5.41) is 21.3. The lowest BCUT2D eigenvalue weighted by Crippen LogP contribution is -2.35. The van der Waals surface area contributed by atoms with Crippen LogP contribution in [0.15, 0.2) is 36.8 Å². The Hall–Kier alpha value is -2.14. The molecule has 0 bridgehead atoms. The predicted molar refractivity (Wildman–Crippen MR) is 128 cm³/mol. The molecule has 3 unspecified atom stereocenters. The van der Waals surface area contributed by atoms with Gasteiger partial charge in [0.1, 0.15) is 48.0 Å². The molecule has 1 saturated heterocycles. The maximum Gasteiger partial charge on any atom is 0.490 e. The first-order chi connectivity index (χ1) is 18.1. The summed E-state index contributed by atoms with van der Waals surface area (Å²) in [4.78, 5) is 44.2. The second-order valence-electron chi connectivity index (χ2n) is 8.24. The minimum Gasteiger partial charge on any atom is -0.388 e. The molecule has 3 aromatic rings. The number of anilines is 1. The van der Waals surface area contributed by atoms with Crippen LogP contribution < -0.4 is 5.73 Å². The molecule has 0 amide bonds. The van der Waals surface area contributed by atoms with Gasteiger partial charge in [-0.2, -0.15) is 8.62 Å². The molecular formula is C18H22FN4O13P3. The molecule has 39 heavy (non-hydrogen) atoms. The minimum absolute atomic E-state index is 0.125. The molecule has 2 aromatic heterocycles. The topological polar surface area (TPSA) is 266 Å². The number of phosphoric ester groups is 1. The normalized spacial score (nSPS) is 25.0. The number of aliphatic hydroxyl groups is 2. The number of ether oxygens (including phenoxy) is 1. The highest BCUT2D eigenvalue weighted by Crippen LogP contribution is 2.66. The van der Waals surface area contributed by atoms with Gasteiger partial charge in [-0.25, -0.2) is 28.1 Å². The Bertz CT molecular complexity index is 1500. The third-order valence-electron chi connectivity index (χ3n) is 5.49. The average Bonchev–Trinajstić information content (AvgIpc) is 3.30. The number of nitrogens with zero attached hydrogens (tertiary/aromatic N) is 3. The number of hydrogen-bond donors (Lipinski definition) is 7. The van der Waals surface area contributed by atoms with E-state index in [0.29, 0.717) is 22.2 Å². The number of halogens is 1. The van der Waals surface area contributed by atoms with Gasteiger partial charge in [0.2, 0.25) is 0 Å². The molecule has 214 valence electrons. The Kier molecular flexibility index (Phi) is 8.44. The fourth-order valence-corrected chi connectivity index (χ4v) is 6.94. The first-order valence-electron chi connectivity index (χ1n) is 10.7. The summed E-state index contributed by atoms with van der Waals surface area (Å²) < 4.78 is 66.4. The highest BCUT2D eigenvalue weighted by molar-refractivity contribution is 7.66. The summed E-state index contributed by atoms with van der Waals surface area (Å²) in [6, 6.07) is 5.54. The third-order valence-corrected chi connectivity index (χ3v) is 9.30. The zero-order chi connectivity index (χ0) is 28.8. The zero-order valence-corrected chi connectivity index (χ0v) is 22.1. The molecule has 6 atom stereocenters. The van der Waals surface area contributed by atoms with Crippen LogP contribution in [-0.2, 0) is 38.1 Å². The minimum atomic E-state index is -5.74. The SMILES string of the molecule is Nc1ncnc2c1c(-c1ccc(F)cc1)cn2C[C@@H]1O[C@H](COP(=O)(O)OP(=O)(O)OP(=O)(O)O)C(O)[C@@H]1O. The van der Waals surface area contributed by atoms with E-state index in [9.17, 15) is 38.1 Å². The lowest BCUT2D eigenvalue weighted by molar-refractivity contribution is -0.0256.